The predicted octanol–water partition coefficient (Wildman–Crippen LogP) is 4.87. The average molecular weight is 320 g/mol. The van der Waals surface area contributed by atoms with Gasteiger partial charge in [-0.05, 0) is 38.1 Å². The number of nitrogens with zero attached hydrogens (tertiary/aromatic N) is 1. The van der Waals surface area contributed by atoms with Crippen molar-refractivity contribution in [3.05, 3.63) is 59.6 Å². The smallest absolute Gasteiger partial charge is 0.237 e. The fraction of sp³-hybridized carbons (Fsp3) is 0.235. The third-order valence-electron chi connectivity index (χ3n) is 3.01. The number of benzene rings is 2. The van der Waals surface area contributed by atoms with Gasteiger partial charge in [0.15, 0.2) is 0 Å². The van der Waals surface area contributed by atoms with Gasteiger partial charge >= 0.3 is 0 Å². The van der Waals surface area contributed by atoms with Crippen molar-refractivity contribution in [3.8, 4) is 0 Å². The number of hydrogen-bond donors (Lipinski definition) is 0. The van der Waals surface area contributed by atoms with Crippen LogP contribution >= 0.6 is 23.4 Å². The van der Waals surface area contributed by atoms with Gasteiger partial charge in [-0.3, -0.25) is 4.79 Å². The van der Waals surface area contributed by atoms with Crippen LogP contribution in [0.1, 0.15) is 13.8 Å². The van der Waals surface area contributed by atoms with E-state index in [4.69, 9.17) is 11.6 Å². The van der Waals surface area contributed by atoms with Crippen molar-refractivity contribution < 1.29 is 4.79 Å². The molecular formula is C17H18ClNOS. The summed E-state index contributed by atoms with van der Waals surface area (Å²) in [4.78, 5) is 15.3. The van der Waals surface area contributed by atoms with Gasteiger partial charge in [0.2, 0.25) is 5.91 Å². The van der Waals surface area contributed by atoms with Crippen LogP contribution in [0, 0.1) is 0 Å². The molecule has 0 heterocycles. The minimum atomic E-state index is 0.0844. The Labute approximate surface area is 135 Å². The molecule has 0 unspecified atom stereocenters. The molecule has 0 atom stereocenters. The number of carbonyl (C=O) groups is 1. The van der Waals surface area contributed by atoms with Crippen molar-refractivity contribution in [1.82, 2.24) is 0 Å². The molecule has 2 aromatic carbocycles. The SMILES string of the molecule is CC(C)N(C(=O)CSc1ccccc1Cl)c1ccccc1. The van der Waals surface area contributed by atoms with Gasteiger partial charge in [-0.2, -0.15) is 0 Å². The number of halogens is 1. The highest BCUT2D eigenvalue weighted by atomic mass is 35.5. The van der Waals surface area contributed by atoms with Crippen LogP contribution in [0.3, 0.4) is 0 Å². The zero-order valence-corrected chi connectivity index (χ0v) is 13.7. The number of amides is 1. The zero-order chi connectivity index (χ0) is 15.2. The fourth-order valence-corrected chi connectivity index (χ4v) is 3.19. The van der Waals surface area contributed by atoms with Crippen LogP contribution in [0.5, 0.6) is 0 Å². The number of carbonyl (C=O) groups excluding carboxylic acids is 1. The van der Waals surface area contributed by atoms with Crippen LogP contribution in [-0.2, 0) is 4.79 Å². The van der Waals surface area contributed by atoms with Crippen LogP contribution in [0.4, 0.5) is 5.69 Å². The lowest BCUT2D eigenvalue weighted by Gasteiger charge is -2.26. The van der Waals surface area contributed by atoms with Gasteiger partial charge in [0.05, 0.1) is 10.8 Å². The lowest BCUT2D eigenvalue weighted by molar-refractivity contribution is -0.116. The molecule has 0 N–H and O–H groups in total. The van der Waals surface area contributed by atoms with E-state index in [1.807, 2.05) is 73.3 Å². The van der Waals surface area contributed by atoms with E-state index < -0.39 is 0 Å². The van der Waals surface area contributed by atoms with Crippen molar-refractivity contribution in [2.45, 2.75) is 24.8 Å². The average Bonchev–Trinajstić information content (AvgIpc) is 2.47. The molecule has 4 heteroatoms. The Hall–Kier alpha value is -1.45. The summed E-state index contributed by atoms with van der Waals surface area (Å²) in [5.41, 5.74) is 0.928. The maximum Gasteiger partial charge on any atom is 0.237 e. The Kier molecular flexibility index (Phi) is 5.71. The summed E-state index contributed by atoms with van der Waals surface area (Å²) in [7, 11) is 0. The Morgan fingerprint density at radius 1 is 1.10 bits per heavy atom. The molecule has 110 valence electrons. The summed E-state index contributed by atoms with van der Waals surface area (Å²) >= 11 is 7.59. The molecule has 0 spiro atoms. The Balaban J connectivity index is 2.08. The van der Waals surface area contributed by atoms with E-state index in [-0.39, 0.29) is 11.9 Å². The molecular weight excluding hydrogens is 302 g/mol. The van der Waals surface area contributed by atoms with E-state index in [1.165, 1.54) is 11.8 Å². The molecule has 0 aliphatic rings. The normalized spacial score (nSPS) is 10.7. The highest BCUT2D eigenvalue weighted by molar-refractivity contribution is 8.00. The van der Waals surface area contributed by atoms with Crippen molar-refractivity contribution in [1.29, 1.82) is 0 Å². The second-order valence-corrected chi connectivity index (χ2v) is 6.34. The number of anilines is 1. The lowest BCUT2D eigenvalue weighted by atomic mass is 10.2. The third kappa shape index (κ3) is 4.26. The molecule has 0 fully saturated rings. The molecule has 0 saturated heterocycles. The third-order valence-corrected chi connectivity index (χ3v) is 4.51. The molecule has 2 aromatic rings. The molecule has 2 nitrogen and oxygen atoms in total. The minimum Gasteiger partial charge on any atom is -0.309 e. The van der Waals surface area contributed by atoms with E-state index in [0.717, 1.165) is 10.6 Å². The summed E-state index contributed by atoms with van der Waals surface area (Å²) in [6, 6.07) is 17.5. The van der Waals surface area contributed by atoms with Crippen molar-refractivity contribution in [3.63, 3.8) is 0 Å². The molecule has 0 bridgehead atoms. The van der Waals surface area contributed by atoms with Crippen LogP contribution in [0.2, 0.25) is 5.02 Å². The number of rotatable bonds is 5. The largest absolute Gasteiger partial charge is 0.309 e. The Morgan fingerprint density at radius 3 is 2.33 bits per heavy atom. The fourth-order valence-electron chi connectivity index (χ4n) is 2.09. The van der Waals surface area contributed by atoms with Crippen molar-refractivity contribution in [2.75, 3.05) is 10.7 Å². The molecule has 1 amide bonds. The lowest BCUT2D eigenvalue weighted by Crippen LogP contribution is -2.38. The first-order chi connectivity index (χ1) is 10.1. The highest BCUT2D eigenvalue weighted by Crippen LogP contribution is 2.27. The molecule has 0 aromatic heterocycles. The first-order valence-electron chi connectivity index (χ1n) is 6.84. The summed E-state index contributed by atoms with van der Waals surface area (Å²) in [5.74, 6) is 0.456. The van der Waals surface area contributed by atoms with Gasteiger partial charge < -0.3 is 4.90 Å². The van der Waals surface area contributed by atoms with Gasteiger partial charge in [-0.15, -0.1) is 11.8 Å². The van der Waals surface area contributed by atoms with Crippen LogP contribution in [-0.4, -0.2) is 17.7 Å². The number of hydrogen-bond acceptors (Lipinski definition) is 2. The summed E-state index contributed by atoms with van der Waals surface area (Å²) in [5, 5.41) is 0.686. The quantitative estimate of drug-likeness (QED) is 0.732. The maximum absolute atomic E-state index is 12.5. The van der Waals surface area contributed by atoms with Crippen molar-refractivity contribution in [2.24, 2.45) is 0 Å². The summed E-state index contributed by atoms with van der Waals surface area (Å²) < 4.78 is 0. The topological polar surface area (TPSA) is 20.3 Å². The molecule has 0 aliphatic heterocycles. The predicted molar refractivity (Wildman–Crippen MR) is 91.2 cm³/mol. The van der Waals surface area contributed by atoms with E-state index in [9.17, 15) is 4.79 Å². The first-order valence-corrected chi connectivity index (χ1v) is 8.20. The van der Waals surface area contributed by atoms with E-state index in [1.54, 1.807) is 0 Å². The Bertz CT molecular complexity index is 601. The Morgan fingerprint density at radius 2 is 1.71 bits per heavy atom. The monoisotopic (exact) mass is 319 g/mol. The van der Waals surface area contributed by atoms with Gasteiger partial charge in [-0.25, -0.2) is 0 Å². The van der Waals surface area contributed by atoms with Gasteiger partial charge in [0, 0.05) is 16.6 Å². The minimum absolute atomic E-state index is 0.0844. The summed E-state index contributed by atoms with van der Waals surface area (Å²) in [6.07, 6.45) is 0. The standard InChI is InChI=1S/C17H18ClNOS/c1-13(2)19(14-8-4-3-5-9-14)17(20)12-21-16-11-7-6-10-15(16)18/h3-11,13H,12H2,1-2H3. The first kappa shape index (κ1) is 15.9. The maximum atomic E-state index is 12.5. The van der Waals surface area contributed by atoms with Gasteiger partial charge in [0.25, 0.3) is 0 Å². The van der Waals surface area contributed by atoms with Crippen LogP contribution < -0.4 is 4.90 Å². The molecule has 2 rings (SSSR count). The second-order valence-electron chi connectivity index (χ2n) is 4.91. The molecule has 0 radical (unpaired) electrons. The van der Waals surface area contributed by atoms with E-state index in [2.05, 4.69) is 0 Å². The van der Waals surface area contributed by atoms with Gasteiger partial charge in [0.1, 0.15) is 0 Å². The zero-order valence-electron chi connectivity index (χ0n) is 12.1. The molecule has 0 saturated carbocycles. The van der Waals surface area contributed by atoms with E-state index in [0.29, 0.717) is 10.8 Å². The molecule has 21 heavy (non-hydrogen) atoms. The van der Waals surface area contributed by atoms with E-state index >= 15 is 0 Å². The second kappa shape index (κ2) is 7.53. The number of para-hydroxylation sites is 1. The van der Waals surface area contributed by atoms with Crippen LogP contribution in [0.15, 0.2) is 59.5 Å². The highest BCUT2D eigenvalue weighted by Gasteiger charge is 2.19. The van der Waals surface area contributed by atoms with Crippen LogP contribution in [0.25, 0.3) is 0 Å². The van der Waals surface area contributed by atoms with Crippen molar-refractivity contribution >= 4 is 35.0 Å². The molecule has 0 aliphatic carbocycles. The van der Waals surface area contributed by atoms with Gasteiger partial charge in [-0.1, -0.05) is 41.9 Å². The summed E-state index contributed by atoms with van der Waals surface area (Å²) in [6.45, 7) is 4.04. The number of thioether (sulfide) groups is 1.